The minimum atomic E-state index is 0.528. The van der Waals surface area contributed by atoms with Gasteiger partial charge in [-0.15, -0.1) is 0 Å². The molecule has 1 aromatic carbocycles. The van der Waals surface area contributed by atoms with E-state index in [-0.39, 0.29) is 0 Å². The van der Waals surface area contributed by atoms with Gasteiger partial charge in [-0.05, 0) is 42.6 Å². The van der Waals surface area contributed by atoms with Crippen LogP contribution in [0, 0.1) is 5.92 Å². The van der Waals surface area contributed by atoms with Crippen LogP contribution in [0.2, 0.25) is 0 Å². The molecule has 18 heavy (non-hydrogen) atoms. The van der Waals surface area contributed by atoms with Crippen molar-refractivity contribution in [2.45, 2.75) is 20.3 Å². The molecule has 0 aliphatic heterocycles. The van der Waals surface area contributed by atoms with Gasteiger partial charge < -0.3 is 0 Å². The standard InChI is InChI=1S/C18H18/c1-13-10-17-14(2)8-9-16(18(17)11-13)12-15-6-4-3-5-7-15/h3-11,16H,12H2,1-2H3. The smallest absolute Gasteiger partial charge is 0.00677 e. The van der Waals surface area contributed by atoms with Gasteiger partial charge in [0, 0.05) is 5.92 Å². The van der Waals surface area contributed by atoms with Crippen molar-refractivity contribution < 1.29 is 0 Å². The lowest BCUT2D eigenvalue weighted by molar-refractivity contribution is 0.757. The van der Waals surface area contributed by atoms with E-state index < -0.39 is 0 Å². The summed E-state index contributed by atoms with van der Waals surface area (Å²) < 4.78 is 0. The Labute approximate surface area is 109 Å². The lowest BCUT2D eigenvalue weighted by Crippen LogP contribution is -2.09. The van der Waals surface area contributed by atoms with E-state index in [1.807, 2.05) is 0 Å². The number of fused-ring (bicyclic) bond motifs is 1. The third-order valence-corrected chi connectivity index (χ3v) is 3.77. The van der Waals surface area contributed by atoms with Crippen molar-refractivity contribution >= 4 is 0 Å². The summed E-state index contributed by atoms with van der Waals surface area (Å²) in [6.07, 6.45) is 10.4. The van der Waals surface area contributed by atoms with Gasteiger partial charge in [0.1, 0.15) is 0 Å². The monoisotopic (exact) mass is 234 g/mol. The van der Waals surface area contributed by atoms with Gasteiger partial charge in [-0.25, -0.2) is 0 Å². The Morgan fingerprint density at radius 3 is 2.56 bits per heavy atom. The summed E-state index contributed by atoms with van der Waals surface area (Å²) in [6, 6.07) is 10.8. The highest BCUT2D eigenvalue weighted by Crippen LogP contribution is 2.37. The first kappa shape index (κ1) is 11.3. The summed E-state index contributed by atoms with van der Waals surface area (Å²) in [7, 11) is 0. The van der Waals surface area contributed by atoms with Crippen LogP contribution in [-0.4, -0.2) is 0 Å². The van der Waals surface area contributed by atoms with Crippen LogP contribution in [0.5, 0.6) is 0 Å². The maximum atomic E-state index is 2.35. The maximum Gasteiger partial charge on any atom is 0.00677 e. The summed E-state index contributed by atoms with van der Waals surface area (Å²) in [6.45, 7) is 4.39. The Balaban J connectivity index is 1.89. The van der Waals surface area contributed by atoms with Gasteiger partial charge in [-0.2, -0.15) is 0 Å². The van der Waals surface area contributed by atoms with Gasteiger partial charge in [0.25, 0.3) is 0 Å². The van der Waals surface area contributed by atoms with E-state index in [0.717, 1.165) is 6.42 Å². The molecule has 0 saturated carbocycles. The van der Waals surface area contributed by atoms with E-state index in [9.17, 15) is 0 Å². The summed E-state index contributed by atoms with van der Waals surface area (Å²) in [5.74, 6) is 0.528. The molecule has 0 fully saturated rings. The Kier molecular flexibility index (Phi) is 2.79. The zero-order valence-electron chi connectivity index (χ0n) is 11.0. The largest absolute Gasteiger partial charge is 0.0764 e. The average molecular weight is 234 g/mol. The predicted octanol–water partition coefficient (Wildman–Crippen LogP) is 4.62. The molecular weight excluding hydrogens is 216 g/mol. The average Bonchev–Trinajstić information content (AvgIpc) is 2.77. The molecule has 0 bridgehead atoms. The summed E-state index contributed by atoms with van der Waals surface area (Å²) in [5.41, 5.74) is 7.12. The Hall–Kier alpha value is -1.82. The molecular formula is C18H18. The first-order valence-electron chi connectivity index (χ1n) is 6.57. The van der Waals surface area contributed by atoms with Crippen molar-refractivity contribution in [1.82, 2.24) is 0 Å². The van der Waals surface area contributed by atoms with E-state index in [1.54, 1.807) is 0 Å². The molecule has 0 amide bonds. The third-order valence-electron chi connectivity index (χ3n) is 3.77. The molecule has 2 aliphatic rings. The molecule has 0 heterocycles. The molecule has 3 rings (SSSR count). The van der Waals surface area contributed by atoms with E-state index in [2.05, 4.69) is 68.5 Å². The van der Waals surface area contributed by atoms with Crippen LogP contribution in [0.4, 0.5) is 0 Å². The number of hydrogen-bond acceptors (Lipinski definition) is 0. The normalized spacial score (nSPS) is 21.8. The summed E-state index contributed by atoms with van der Waals surface area (Å²) in [5, 5.41) is 0. The van der Waals surface area contributed by atoms with Crippen LogP contribution in [0.1, 0.15) is 19.4 Å². The number of allylic oxidation sites excluding steroid dienone is 8. The lowest BCUT2D eigenvalue weighted by atomic mass is 9.83. The highest BCUT2D eigenvalue weighted by molar-refractivity contribution is 5.60. The van der Waals surface area contributed by atoms with Crippen molar-refractivity contribution in [2.75, 3.05) is 0 Å². The van der Waals surface area contributed by atoms with E-state index in [4.69, 9.17) is 0 Å². The van der Waals surface area contributed by atoms with E-state index >= 15 is 0 Å². The number of rotatable bonds is 2. The quantitative estimate of drug-likeness (QED) is 0.700. The second-order valence-electron chi connectivity index (χ2n) is 5.24. The zero-order valence-corrected chi connectivity index (χ0v) is 11.0. The van der Waals surface area contributed by atoms with Gasteiger partial charge in [0.2, 0.25) is 0 Å². The minimum Gasteiger partial charge on any atom is -0.0764 e. The fourth-order valence-electron chi connectivity index (χ4n) is 2.82. The van der Waals surface area contributed by atoms with Crippen LogP contribution >= 0.6 is 0 Å². The van der Waals surface area contributed by atoms with Gasteiger partial charge in [-0.3, -0.25) is 0 Å². The van der Waals surface area contributed by atoms with Crippen LogP contribution in [-0.2, 0) is 6.42 Å². The second kappa shape index (κ2) is 4.45. The van der Waals surface area contributed by atoms with E-state index in [0.29, 0.717) is 5.92 Å². The Morgan fingerprint density at radius 2 is 1.78 bits per heavy atom. The van der Waals surface area contributed by atoms with Crippen molar-refractivity contribution in [2.24, 2.45) is 5.92 Å². The minimum absolute atomic E-state index is 0.528. The fraction of sp³-hybridized carbons (Fsp3) is 0.222. The number of hydrogen-bond donors (Lipinski definition) is 0. The molecule has 1 aromatic rings. The molecule has 1 atom stereocenters. The molecule has 0 N–H and O–H groups in total. The maximum absolute atomic E-state index is 2.35. The van der Waals surface area contributed by atoms with Crippen molar-refractivity contribution in [1.29, 1.82) is 0 Å². The first-order chi connectivity index (χ1) is 8.74. The molecule has 0 radical (unpaired) electrons. The van der Waals surface area contributed by atoms with Gasteiger partial charge in [0.15, 0.2) is 0 Å². The van der Waals surface area contributed by atoms with Gasteiger partial charge in [0.05, 0.1) is 0 Å². The molecule has 0 saturated heterocycles. The van der Waals surface area contributed by atoms with Crippen molar-refractivity contribution in [3.8, 4) is 0 Å². The van der Waals surface area contributed by atoms with Gasteiger partial charge in [-0.1, -0.05) is 60.2 Å². The third kappa shape index (κ3) is 1.99. The molecule has 1 unspecified atom stereocenters. The first-order valence-corrected chi connectivity index (χ1v) is 6.57. The van der Waals surface area contributed by atoms with Crippen LogP contribution in [0.15, 0.2) is 76.9 Å². The zero-order chi connectivity index (χ0) is 12.5. The fourth-order valence-corrected chi connectivity index (χ4v) is 2.82. The topological polar surface area (TPSA) is 0 Å². The highest BCUT2D eigenvalue weighted by Gasteiger charge is 2.22. The molecule has 0 aromatic heterocycles. The predicted molar refractivity (Wildman–Crippen MR) is 77.3 cm³/mol. The summed E-state index contributed by atoms with van der Waals surface area (Å²) >= 11 is 0. The van der Waals surface area contributed by atoms with Gasteiger partial charge >= 0.3 is 0 Å². The Morgan fingerprint density at radius 1 is 1.00 bits per heavy atom. The SMILES string of the molecule is CC1=CC2=C(C)C=CC(Cc3ccccc3)C2=C1. The number of benzene rings is 1. The molecule has 0 heteroatoms. The molecule has 90 valence electrons. The second-order valence-corrected chi connectivity index (χ2v) is 5.24. The molecule has 0 nitrogen and oxygen atoms in total. The van der Waals surface area contributed by atoms with E-state index in [1.165, 1.54) is 27.9 Å². The lowest BCUT2D eigenvalue weighted by Gasteiger charge is -2.21. The van der Waals surface area contributed by atoms with Crippen LogP contribution in [0.3, 0.4) is 0 Å². The molecule has 0 spiro atoms. The highest BCUT2D eigenvalue weighted by atomic mass is 14.3. The van der Waals surface area contributed by atoms with Crippen molar-refractivity contribution in [3.63, 3.8) is 0 Å². The Bertz CT molecular complexity index is 580. The van der Waals surface area contributed by atoms with Crippen molar-refractivity contribution in [3.05, 3.63) is 82.5 Å². The van der Waals surface area contributed by atoms with Crippen LogP contribution < -0.4 is 0 Å². The summed E-state index contributed by atoms with van der Waals surface area (Å²) in [4.78, 5) is 0. The van der Waals surface area contributed by atoms with Crippen LogP contribution in [0.25, 0.3) is 0 Å². The molecule has 2 aliphatic carbocycles.